The lowest BCUT2D eigenvalue weighted by Crippen LogP contribution is -2.31. The number of allylic oxidation sites excluding steroid dienone is 10. The van der Waals surface area contributed by atoms with E-state index >= 15 is 0 Å². The number of hydrogen-bond donors (Lipinski definition) is 2. The molecule has 0 saturated heterocycles. The molecule has 1 rings (SSSR count). The van der Waals surface area contributed by atoms with Crippen LogP contribution in [0.25, 0.3) is 0 Å². The monoisotopic (exact) mass is 509 g/mol. The minimum atomic E-state index is -0.629. The number of nitrogens with one attached hydrogen (secondary N) is 1. The third-order valence-corrected chi connectivity index (χ3v) is 5.08. The summed E-state index contributed by atoms with van der Waals surface area (Å²) in [7, 11) is 0. The molecule has 6 nitrogen and oxygen atoms in total. The first kappa shape index (κ1) is 31.6. The van der Waals surface area contributed by atoms with Gasteiger partial charge in [-0.3, -0.25) is 4.79 Å². The molecule has 0 radical (unpaired) electrons. The van der Waals surface area contributed by atoms with Gasteiger partial charge < -0.3 is 19.9 Å². The highest BCUT2D eigenvalue weighted by atomic mass is 16.5. The summed E-state index contributed by atoms with van der Waals surface area (Å²) in [6, 6.07) is 6.15. The van der Waals surface area contributed by atoms with Crippen molar-refractivity contribution in [1.29, 1.82) is 0 Å². The van der Waals surface area contributed by atoms with Crippen molar-refractivity contribution in [2.45, 2.75) is 58.3 Å². The summed E-state index contributed by atoms with van der Waals surface area (Å²) in [5, 5.41) is 12.3. The van der Waals surface area contributed by atoms with Crippen LogP contribution in [-0.4, -0.2) is 43.3 Å². The van der Waals surface area contributed by atoms with Crippen molar-refractivity contribution in [3.05, 3.63) is 90.6 Å². The van der Waals surface area contributed by atoms with Crippen LogP contribution < -0.4 is 5.32 Å². The largest absolute Gasteiger partial charge is 0.507 e. The molecule has 1 aromatic rings. The first-order valence-electron chi connectivity index (χ1n) is 13.2. The molecule has 37 heavy (non-hydrogen) atoms. The number of carbonyl (C=O) groups excluding carboxylic acids is 2. The van der Waals surface area contributed by atoms with Gasteiger partial charge in [0.25, 0.3) is 0 Å². The molecular formula is C31H43NO5. The molecule has 0 aromatic heterocycles. The molecule has 0 aliphatic rings. The first-order valence-corrected chi connectivity index (χ1v) is 13.2. The van der Waals surface area contributed by atoms with Gasteiger partial charge in [0.1, 0.15) is 24.5 Å². The van der Waals surface area contributed by atoms with E-state index in [4.69, 9.17) is 9.47 Å². The Kier molecular flexibility index (Phi) is 19.7. The zero-order valence-electron chi connectivity index (χ0n) is 22.1. The standard InChI is InChI=1S/C31H43NO5/c1-2-3-4-5-6-7-8-9-10-11-12-13-14-15-16-17-18-21-25-36-27-30(34)32-24-26-37-31(35)28-22-19-20-23-29(28)33/h3-4,6-7,9-10,12-13,15-16,19-20,22-23,33H,2,5,8,11,14,17-18,21,24-27H2,1H3,(H,32,34). The zero-order valence-corrected chi connectivity index (χ0v) is 22.1. The van der Waals surface area contributed by atoms with Crippen LogP contribution in [-0.2, 0) is 14.3 Å². The third-order valence-electron chi connectivity index (χ3n) is 5.08. The normalized spacial score (nSPS) is 12.0. The van der Waals surface area contributed by atoms with Crippen molar-refractivity contribution in [2.75, 3.05) is 26.4 Å². The number of amides is 1. The van der Waals surface area contributed by atoms with Crippen molar-refractivity contribution >= 4 is 11.9 Å². The predicted octanol–water partition coefficient (Wildman–Crippen LogP) is 6.60. The maximum Gasteiger partial charge on any atom is 0.341 e. The van der Waals surface area contributed by atoms with E-state index in [1.807, 2.05) is 0 Å². The van der Waals surface area contributed by atoms with Crippen molar-refractivity contribution in [1.82, 2.24) is 5.32 Å². The molecule has 1 aromatic carbocycles. The van der Waals surface area contributed by atoms with E-state index in [1.165, 1.54) is 12.1 Å². The zero-order chi connectivity index (χ0) is 26.8. The van der Waals surface area contributed by atoms with E-state index in [0.29, 0.717) is 6.61 Å². The summed E-state index contributed by atoms with van der Waals surface area (Å²) < 4.78 is 10.4. The van der Waals surface area contributed by atoms with Crippen LogP contribution >= 0.6 is 0 Å². The van der Waals surface area contributed by atoms with Crippen molar-refractivity contribution in [3.8, 4) is 5.75 Å². The Morgan fingerprint density at radius 3 is 2.03 bits per heavy atom. The molecule has 0 bridgehead atoms. The molecule has 0 fully saturated rings. The van der Waals surface area contributed by atoms with E-state index < -0.39 is 5.97 Å². The van der Waals surface area contributed by atoms with Crippen molar-refractivity contribution in [2.24, 2.45) is 0 Å². The fourth-order valence-corrected chi connectivity index (χ4v) is 3.11. The second-order valence-corrected chi connectivity index (χ2v) is 8.26. The number of benzene rings is 1. The van der Waals surface area contributed by atoms with Crippen molar-refractivity contribution < 1.29 is 24.2 Å². The van der Waals surface area contributed by atoms with Gasteiger partial charge in [-0.1, -0.05) is 79.8 Å². The van der Waals surface area contributed by atoms with Crippen LogP contribution in [0.1, 0.15) is 68.6 Å². The summed E-state index contributed by atoms with van der Waals surface area (Å²) in [5.41, 5.74) is 0.0988. The maximum atomic E-state index is 11.8. The predicted molar refractivity (Wildman–Crippen MR) is 151 cm³/mol. The van der Waals surface area contributed by atoms with Crippen LogP contribution in [0.4, 0.5) is 0 Å². The minimum absolute atomic E-state index is 0.0188. The molecule has 202 valence electrons. The molecule has 2 N–H and O–H groups in total. The molecule has 0 saturated carbocycles. The van der Waals surface area contributed by atoms with Gasteiger partial charge in [-0.05, 0) is 63.5 Å². The summed E-state index contributed by atoms with van der Waals surface area (Å²) >= 11 is 0. The Balaban J connectivity index is 1.91. The Hall–Kier alpha value is -3.38. The molecule has 0 aliphatic heterocycles. The van der Waals surface area contributed by atoms with Crippen LogP contribution in [0.2, 0.25) is 0 Å². The highest BCUT2D eigenvalue weighted by Crippen LogP contribution is 2.16. The number of para-hydroxylation sites is 1. The van der Waals surface area contributed by atoms with Crippen LogP contribution in [0.5, 0.6) is 5.75 Å². The van der Waals surface area contributed by atoms with Gasteiger partial charge in [0.05, 0.1) is 6.54 Å². The average molecular weight is 510 g/mol. The number of carbonyl (C=O) groups is 2. The fourth-order valence-electron chi connectivity index (χ4n) is 3.11. The lowest BCUT2D eigenvalue weighted by Gasteiger charge is -2.08. The van der Waals surface area contributed by atoms with E-state index in [2.05, 4.69) is 73.0 Å². The van der Waals surface area contributed by atoms with E-state index in [9.17, 15) is 14.7 Å². The van der Waals surface area contributed by atoms with Gasteiger partial charge in [0.15, 0.2) is 0 Å². The lowest BCUT2D eigenvalue weighted by molar-refractivity contribution is -0.125. The minimum Gasteiger partial charge on any atom is -0.507 e. The van der Waals surface area contributed by atoms with Gasteiger partial charge >= 0.3 is 5.97 Å². The molecule has 6 heteroatoms. The topological polar surface area (TPSA) is 84.9 Å². The Morgan fingerprint density at radius 1 is 0.811 bits per heavy atom. The highest BCUT2D eigenvalue weighted by molar-refractivity contribution is 5.92. The third kappa shape index (κ3) is 18.5. The molecule has 0 spiro atoms. The maximum absolute atomic E-state index is 11.8. The van der Waals surface area contributed by atoms with Crippen LogP contribution in [0.15, 0.2) is 85.0 Å². The van der Waals surface area contributed by atoms with E-state index in [0.717, 1.165) is 51.4 Å². The summed E-state index contributed by atoms with van der Waals surface area (Å²) in [6.07, 6.45) is 29.8. The van der Waals surface area contributed by atoms with Gasteiger partial charge in [0.2, 0.25) is 5.91 Å². The molecule has 0 heterocycles. The SMILES string of the molecule is CCC=CCC=CCC=CCC=CCC=CCCCCOCC(=O)NCCOC(=O)c1ccccc1O. The number of ether oxygens (including phenoxy) is 2. The lowest BCUT2D eigenvalue weighted by atomic mass is 10.2. The van der Waals surface area contributed by atoms with Gasteiger partial charge in [-0.15, -0.1) is 0 Å². The highest BCUT2D eigenvalue weighted by Gasteiger charge is 2.11. The summed E-state index contributed by atoms with van der Waals surface area (Å²) in [4.78, 5) is 23.6. The van der Waals surface area contributed by atoms with Crippen LogP contribution in [0, 0.1) is 0 Å². The number of hydrogen-bond acceptors (Lipinski definition) is 5. The Labute approximate surface area is 222 Å². The van der Waals surface area contributed by atoms with Crippen molar-refractivity contribution in [3.63, 3.8) is 0 Å². The molecule has 0 aliphatic carbocycles. The molecule has 1 amide bonds. The van der Waals surface area contributed by atoms with E-state index in [1.54, 1.807) is 12.1 Å². The quantitative estimate of drug-likeness (QED) is 0.117. The smallest absolute Gasteiger partial charge is 0.341 e. The number of aromatic hydroxyl groups is 1. The number of unbranched alkanes of at least 4 members (excludes halogenated alkanes) is 2. The van der Waals surface area contributed by atoms with E-state index in [-0.39, 0.29) is 37.0 Å². The Bertz CT molecular complexity index is 899. The van der Waals surface area contributed by atoms with Crippen LogP contribution in [0.3, 0.4) is 0 Å². The number of rotatable bonds is 20. The fraction of sp³-hybridized carbons (Fsp3) is 0.419. The average Bonchev–Trinajstić information content (AvgIpc) is 2.90. The number of phenolic OH excluding ortho intramolecular Hbond substituents is 1. The first-order chi connectivity index (χ1) is 18.1. The number of esters is 1. The molecular weight excluding hydrogens is 466 g/mol. The molecule has 0 unspecified atom stereocenters. The molecule has 0 atom stereocenters. The number of phenols is 1. The van der Waals surface area contributed by atoms with Gasteiger partial charge in [-0.2, -0.15) is 0 Å². The second kappa shape index (κ2) is 23.0. The second-order valence-electron chi connectivity index (χ2n) is 8.26. The Morgan fingerprint density at radius 2 is 1.41 bits per heavy atom. The van der Waals surface area contributed by atoms with Gasteiger partial charge in [0, 0.05) is 6.61 Å². The van der Waals surface area contributed by atoms with Gasteiger partial charge in [-0.25, -0.2) is 4.79 Å². The summed E-state index contributed by atoms with van der Waals surface area (Å²) in [6.45, 7) is 2.86. The summed E-state index contributed by atoms with van der Waals surface area (Å²) in [5.74, 6) is -1.01.